The minimum Gasteiger partial charge on any atom is -0.495 e. The number of carbonyl (C=O) groups is 3. The van der Waals surface area contributed by atoms with E-state index >= 15 is 0 Å². The zero-order valence-corrected chi connectivity index (χ0v) is 22.4. The van der Waals surface area contributed by atoms with Gasteiger partial charge in [0, 0.05) is 16.1 Å². The van der Waals surface area contributed by atoms with Gasteiger partial charge in [-0.3, -0.25) is 19.3 Å². The molecule has 0 fully saturated rings. The van der Waals surface area contributed by atoms with E-state index in [1.54, 1.807) is 42.5 Å². The molecule has 0 bridgehead atoms. The molecule has 3 aromatic carbocycles. The molecule has 0 saturated carbocycles. The molecule has 4 aromatic rings. The molecule has 5 rings (SSSR count). The standard InChI is InChI=1S/C30H24FN3O5S/c1-18-8-13-25(38-2)24(15-18)33-26-27(30(37)34(29(26)36)17-22-6-4-14-39-22)40-23-7-3-5-21(16-23)32-28(35)19-9-11-20(31)12-10-19/h3-16,33H,17H2,1-2H3,(H,32,35). The number of anilines is 2. The molecule has 0 atom stereocenters. The van der Waals surface area contributed by atoms with E-state index in [4.69, 9.17) is 9.15 Å². The van der Waals surface area contributed by atoms with Crippen molar-refractivity contribution in [3.8, 4) is 5.75 Å². The molecule has 202 valence electrons. The van der Waals surface area contributed by atoms with Gasteiger partial charge in [-0.2, -0.15) is 0 Å². The van der Waals surface area contributed by atoms with Crippen molar-refractivity contribution in [3.63, 3.8) is 0 Å². The summed E-state index contributed by atoms with van der Waals surface area (Å²) in [5.41, 5.74) is 2.35. The second-order valence-electron chi connectivity index (χ2n) is 8.90. The number of nitrogens with one attached hydrogen (secondary N) is 2. The minimum atomic E-state index is -0.506. The maximum atomic E-state index is 13.6. The second-order valence-corrected chi connectivity index (χ2v) is 9.98. The Kier molecular flexibility index (Phi) is 7.70. The number of amides is 3. The van der Waals surface area contributed by atoms with E-state index in [0.29, 0.717) is 33.3 Å². The molecule has 0 saturated heterocycles. The number of furan rings is 1. The molecule has 1 aliphatic heterocycles. The van der Waals surface area contributed by atoms with E-state index in [-0.39, 0.29) is 17.1 Å². The largest absolute Gasteiger partial charge is 0.495 e. The van der Waals surface area contributed by atoms with E-state index in [0.717, 1.165) is 22.2 Å². The average Bonchev–Trinajstić information content (AvgIpc) is 3.53. The highest BCUT2D eigenvalue weighted by Gasteiger charge is 2.40. The Labute approximate surface area is 233 Å². The van der Waals surface area contributed by atoms with Gasteiger partial charge in [0.25, 0.3) is 17.7 Å². The summed E-state index contributed by atoms with van der Waals surface area (Å²) in [4.78, 5) is 41.6. The van der Waals surface area contributed by atoms with Gasteiger partial charge in [0.1, 0.15) is 27.9 Å². The van der Waals surface area contributed by atoms with Crippen molar-refractivity contribution in [2.24, 2.45) is 0 Å². The van der Waals surface area contributed by atoms with E-state index in [2.05, 4.69) is 10.6 Å². The van der Waals surface area contributed by atoms with Crippen LogP contribution in [0.15, 0.2) is 105 Å². The van der Waals surface area contributed by atoms with E-state index in [9.17, 15) is 18.8 Å². The lowest BCUT2D eigenvalue weighted by molar-refractivity contribution is -0.138. The van der Waals surface area contributed by atoms with Gasteiger partial charge < -0.3 is 19.8 Å². The maximum Gasteiger partial charge on any atom is 0.278 e. The maximum absolute atomic E-state index is 13.6. The Hall–Kier alpha value is -4.83. The number of halogens is 1. The number of imide groups is 1. The lowest BCUT2D eigenvalue weighted by Gasteiger charge is -2.15. The number of rotatable bonds is 9. The number of ether oxygens (including phenoxy) is 1. The first-order valence-electron chi connectivity index (χ1n) is 12.2. The summed E-state index contributed by atoms with van der Waals surface area (Å²) < 4.78 is 24.1. The quantitative estimate of drug-likeness (QED) is 0.245. The molecular formula is C30H24FN3O5S. The zero-order chi connectivity index (χ0) is 28.2. The number of carbonyl (C=O) groups excluding carboxylic acids is 3. The molecule has 8 nitrogen and oxygen atoms in total. The van der Waals surface area contributed by atoms with Gasteiger partial charge in [-0.1, -0.05) is 23.9 Å². The lowest BCUT2D eigenvalue weighted by Crippen LogP contribution is -2.31. The van der Waals surface area contributed by atoms with Crippen molar-refractivity contribution >= 4 is 40.9 Å². The van der Waals surface area contributed by atoms with E-state index in [1.807, 2.05) is 19.1 Å². The summed E-state index contributed by atoms with van der Waals surface area (Å²) >= 11 is 1.10. The summed E-state index contributed by atoms with van der Waals surface area (Å²) in [5.74, 6) is -0.863. The third-order valence-electron chi connectivity index (χ3n) is 6.05. The summed E-state index contributed by atoms with van der Waals surface area (Å²) in [7, 11) is 1.52. The molecule has 10 heteroatoms. The third-order valence-corrected chi connectivity index (χ3v) is 7.12. The van der Waals surface area contributed by atoms with Crippen molar-refractivity contribution in [1.82, 2.24) is 4.90 Å². The van der Waals surface area contributed by atoms with Gasteiger partial charge in [0.05, 0.1) is 25.6 Å². The molecule has 0 unspecified atom stereocenters. The van der Waals surface area contributed by atoms with Crippen molar-refractivity contribution < 1.29 is 27.9 Å². The van der Waals surface area contributed by atoms with Crippen LogP contribution in [0.5, 0.6) is 5.75 Å². The van der Waals surface area contributed by atoms with E-state index < -0.39 is 23.5 Å². The fourth-order valence-corrected chi connectivity index (χ4v) is 5.08. The molecular weight excluding hydrogens is 533 g/mol. The number of hydrogen-bond acceptors (Lipinski definition) is 7. The van der Waals surface area contributed by atoms with Crippen molar-refractivity contribution in [2.75, 3.05) is 17.7 Å². The minimum absolute atomic E-state index is 0.0291. The van der Waals surface area contributed by atoms with Crippen molar-refractivity contribution in [2.45, 2.75) is 18.4 Å². The molecule has 3 amide bonds. The summed E-state index contributed by atoms with van der Waals surface area (Å²) in [6.07, 6.45) is 1.48. The van der Waals surface area contributed by atoms with Crippen LogP contribution in [0.4, 0.5) is 15.8 Å². The number of benzene rings is 3. The summed E-state index contributed by atoms with van der Waals surface area (Å²) in [6.45, 7) is 1.88. The monoisotopic (exact) mass is 557 g/mol. The van der Waals surface area contributed by atoms with Crippen LogP contribution in [0.1, 0.15) is 21.7 Å². The first-order valence-corrected chi connectivity index (χ1v) is 13.0. The second kappa shape index (κ2) is 11.5. The van der Waals surface area contributed by atoms with Crippen LogP contribution in [0.2, 0.25) is 0 Å². The van der Waals surface area contributed by atoms with Gasteiger partial charge in [-0.25, -0.2) is 4.39 Å². The normalized spacial score (nSPS) is 13.1. The zero-order valence-electron chi connectivity index (χ0n) is 21.6. The molecule has 1 aliphatic rings. The first kappa shape index (κ1) is 26.8. The molecule has 2 N–H and O–H groups in total. The van der Waals surface area contributed by atoms with Gasteiger partial charge in [-0.15, -0.1) is 0 Å². The predicted octanol–water partition coefficient (Wildman–Crippen LogP) is 5.97. The fourth-order valence-electron chi connectivity index (χ4n) is 4.07. The number of aryl methyl sites for hydroxylation is 1. The van der Waals surface area contributed by atoms with Crippen LogP contribution < -0.4 is 15.4 Å². The summed E-state index contributed by atoms with van der Waals surface area (Å²) in [6, 6.07) is 20.9. The van der Waals surface area contributed by atoms with Crippen LogP contribution in [0.3, 0.4) is 0 Å². The number of nitrogens with zero attached hydrogens (tertiary/aromatic N) is 1. The molecule has 0 aliphatic carbocycles. The smallest absolute Gasteiger partial charge is 0.278 e. The number of thioether (sulfide) groups is 1. The van der Waals surface area contributed by atoms with Gasteiger partial charge in [0.15, 0.2) is 0 Å². The molecule has 0 radical (unpaired) electrons. The topological polar surface area (TPSA) is 101 Å². The van der Waals surface area contributed by atoms with Crippen LogP contribution in [0.25, 0.3) is 0 Å². The van der Waals surface area contributed by atoms with Gasteiger partial charge in [-0.05, 0) is 79.2 Å². The Balaban J connectivity index is 1.45. The fraction of sp³-hybridized carbons (Fsp3) is 0.100. The Morgan fingerprint density at radius 2 is 1.80 bits per heavy atom. The predicted molar refractivity (Wildman–Crippen MR) is 149 cm³/mol. The Morgan fingerprint density at radius 1 is 1.00 bits per heavy atom. The lowest BCUT2D eigenvalue weighted by atomic mass is 10.2. The first-order chi connectivity index (χ1) is 19.3. The van der Waals surface area contributed by atoms with Crippen LogP contribution in [-0.2, 0) is 16.1 Å². The molecule has 40 heavy (non-hydrogen) atoms. The molecule has 2 heterocycles. The highest BCUT2D eigenvalue weighted by molar-refractivity contribution is 8.04. The van der Waals surface area contributed by atoms with Gasteiger partial charge >= 0.3 is 0 Å². The Morgan fingerprint density at radius 3 is 2.52 bits per heavy atom. The highest BCUT2D eigenvalue weighted by atomic mass is 32.2. The van der Waals surface area contributed by atoms with Crippen LogP contribution >= 0.6 is 11.8 Å². The molecule has 1 aromatic heterocycles. The average molecular weight is 558 g/mol. The van der Waals surface area contributed by atoms with Gasteiger partial charge in [0.2, 0.25) is 0 Å². The van der Waals surface area contributed by atoms with E-state index in [1.165, 1.54) is 37.6 Å². The van der Waals surface area contributed by atoms with Crippen molar-refractivity contribution in [1.29, 1.82) is 0 Å². The number of methoxy groups -OCH3 is 1. The number of hydrogen-bond donors (Lipinski definition) is 2. The SMILES string of the molecule is COc1ccc(C)cc1NC1=C(Sc2cccc(NC(=O)c3ccc(F)cc3)c2)C(=O)N(Cc2ccco2)C1=O. The highest BCUT2D eigenvalue weighted by Crippen LogP contribution is 2.38. The summed E-state index contributed by atoms with van der Waals surface area (Å²) in [5, 5.41) is 5.90. The molecule has 0 spiro atoms. The van der Waals surface area contributed by atoms with Crippen LogP contribution in [-0.4, -0.2) is 29.7 Å². The van der Waals surface area contributed by atoms with Crippen molar-refractivity contribution in [3.05, 3.63) is 118 Å². The third kappa shape index (κ3) is 5.76. The van der Waals surface area contributed by atoms with Crippen LogP contribution in [0, 0.1) is 12.7 Å². The Bertz CT molecular complexity index is 1620.